The van der Waals surface area contributed by atoms with Crippen LogP contribution in [0.4, 0.5) is 0 Å². The van der Waals surface area contributed by atoms with Gasteiger partial charge in [-0.1, -0.05) is 18.5 Å². The first-order valence-electron chi connectivity index (χ1n) is 3.35. The standard InChI is InChI=1S/C7H11ClO/c1-2-7-6(8)4-3-5-9-7/h2-5H2,1H3. The van der Waals surface area contributed by atoms with Crippen LogP contribution >= 0.6 is 11.6 Å². The molecule has 0 atom stereocenters. The van der Waals surface area contributed by atoms with Gasteiger partial charge in [-0.15, -0.1) is 0 Å². The fourth-order valence-electron chi connectivity index (χ4n) is 0.934. The van der Waals surface area contributed by atoms with E-state index < -0.39 is 0 Å². The lowest BCUT2D eigenvalue weighted by molar-refractivity contribution is 0.184. The van der Waals surface area contributed by atoms with E-state index in [9.17, 15) is 0 Å². The minimum absolute atomic E-state index is 0.847. The van der Waals surface area contributed by atoms with Crippen molar-refractivity contribution in [1.82, 2.24) is 0 Å². The third-order valence-corrected chi connectivity index (χ3v) is 1.84. The molecule has 0 bridgehead atoms. The highest BCUT2D eigenvalue weighted by atomic mass is 35.5. The van der Waals surface area contributed by atoms with E-state index in [-0.39, 0.29) is 0 Å². The van der Waals surface area contributed by atoms with E-state index in [1.165, 1.54) is 0 Å². The van der Waals surface area contributed by atoms with Gasteiger partial charge in [0, 0.05) is 6.42 Å². The van der Waals surface area contributed by atoms with Crippen LogP contribution in [-0.4, -0.2) is 6.61 Å². The highest BCUT2D eigenvalue weighted by molar-refractivity contribution is 6.29. The van der Waals surface area contributed by atoms with Crippen molar-refractivity contribution in [3.63, 3.8) is 0 Å². The first-order chi connectivity index (χ1) is 4.34. The maximum absolute atomic E-state index is 5.84. The smallest absolute Gasteiger partial charge is 0.110 e. The summed E-state index contributed by atoms with van der Waals surface area (Å²) in [4.78, 5) is 0. The molecule has 1 aliphatic heterocycles. The highest BCUT2D eigenvalue weighted by Crippen LogP contribution is 2.23. The Morgan fingerprint density at radius 3 is 2.89 bits per heavy atom. The SMILES string of the molecule is CCC1=C(Cl)CCCO1. The van der Waals surface area contributed by atoms with Crippen LogP contribution in [0.5, 0.6) is 0 Å². The van der Waals surface area contributed by atoms with Gasteiger partial charge in [-0.25, -0.2) is 0 Å². The van der Waals surface area contributed by atoms with Crippen molar-refractivity contribution >= 4 is 11.6 Å². The van der Waals surface area contributed by atoms with E-state index in [0.717, 1.165) is 36.7 Å². The Balaban J connectivity index is 2.59. The topological polar surface area (TPSA) is 9.23 Å². The molecule has 52 valence electrons. The normalized spacial score (nSPS) is 19.8. The number of ether oxygens (including phenoxy) is 1. The average molecular weight is 147 g/mol. The predicted molar refractivity (Wildman–Crippen MR) is 38.4 cm³/mol. The number of rotatable bonds is 1. The van der Waals surface area contributed by atoms with Crippen molar-refractivity contribution in [3.05, 3.63) is 10.8 Å². The zero-order valence-electron chi connectivity index (χ0n) is 5.61. The van der Waals surface area contributed by atoms with Gasteiger partial charge in [0.1, 0.15) is 5.76 Å². The third-order valence-electron chi connectivity index (χ3n) is 1.44. The minimum Gasteiger partial charge on any atom is -0.497 e. The van der Waals surface area contributed by atoms with E-state index in [2.05, 4.69) is 6.92 Å². The zero-order chi connectivity index (χ0) is 6.69. The molecule has 0 saturated heterocycles. The van der Waals surface area contributed by atoms with E-state index in [0.29, 0.717) is 0 Å². The van der Waals surface area contributed by atoms with Gasteiger partial charge >= 0.3 is 0 Å². The Labute approximate surface area is 60.7 Å². The van der Waals surface area contributed by atoms with Crippen LogP contribution < -0.4 is 0 Å². The largest absolute Gasteiger partial charge is 0.497 e. The highest BCUT2D eigenvalue weighted by Gasteiger charge is 2.08. The quantitative estimate of drug-likeness (QED) is 0.553. The van der Waals surface area contributed by atoms with Crippen LogP contribution in [0.25, 0.3) is 0 Å². The summed E-state index contributed by atoms with van der Waals surface area (Å²) in [6, 6.07) is 0. The molecule has 1 aliphatic rings. The second-order valence-corrected chi connectivity index (χ2v) is 2.59. The van der Waals surface area contributed by atoms with Crippen LogP contribution in [-0.2, 0) is 4.74 Å². The molecule has 1 nitrogen and oxygen atoms in total. The van der Waals surface area contributed by atoms with Gasteiger partial charge in [-0.05, 0) is 12.8 Å². The van der Waals surface area contributed by atoms with Gasteiger partial charge in [-0.3, -0.25) is 0 Å². The summed E-state index contributed by atoms with van der Waals surface area (Å²) < 4.78 is 5.29. The molecule has 1 heterocycles. The molecule has 0 fully saturated rings. The first-order valence-corrected chi connectivity index (χ1v) is 3.72. The lowest BCUT2D eigenvalue weighted by Crippen LogP contribution is -2.02. The van der Waals surface area contributed by atoms with Gasteiger partial charge in [0.05, 0.1) is 11.6 Å². The maximum atomic E-state index is 5.84. The second kappa shape index (κ2) is 3.11. The monoisotopic (exact) mass is 146 g/mol. The summed E-state index contributed by atoms with van der Waals surface area (Å²) in [6.07, 6.45) is 3.01. The van der Waals surface area contributed by atoms with Gasteiger partial charge < -0.3 is 4.74 Å². The van der Waals surface area contributed by atoms with E-state index >= 15 is 0 Å². The molecule has 1 rings (SSSR count). The van der Waals surface area contributed by atoms with Crippen LogP contribution in [0.2, 0.25) is 0 Å². The Morgan fingerprint density at radius 2 is 2.44 bits per heavy atom. The summed E-state index contributed by atoms with van der Waals surface area (Å²) in [6.45, 7) is 2.91. The molecule has 0 aliphatic carbocycles. The van der Waals surface area contributed by atoms with E-state index in [1.807, 2.05) is 0 Å². The van der Waals surface area contributed by atoms with Crippen molar-refractivity contribution < 1.29 is 4.74 Å². The Kier molecular flexibility index (Phi) is 2.40. The zero-order valence-corrected chi connectivity index (χ0v) is 6.37. The predicted octanol–water partition coefficient (Wildman–Crippen LogP) is 2.66. The third kappa shape index (κ3) is 1.62. The molecular weight excluding hydrogens is 136 g/mol. The summed E-state index contributed by atoms with van der Waals surface area (Å²) in [5.41, 5.74) is 0. The maximum Gasteiger partial charge on any atom is 0.110 e. The fraction of sp³-hybridized carbons (Fsp3) is 0.714. The van der Waals surface area contributed by atoms with E-state index in [1.54, 1.807) is 0 Å². The molecule has 0 aromatic heterocycles. The lowest BCUT2D eigenvalue weighted by atomic mass is 10.2. The molecule has 0 amide bonds. The van der Waals surface area contributed by atoms with Crippen molar-refractivity contribution in [2.24, 2.45) is 0 Å². The Hall–Kier alpha value is -0.170. The summed E-state index contributed by atoms with van der Waals surface area (Å²) in [5, 5.41) is 0.920. The molecule has 0 unspecified atom stereocenters. The van der Waals surface area contributed by atoms with Crippen LogP contribution in [0, 0.1) is 0 Å². The van der Waals surface area contributed by atoms with Gasteiger partial charge in [0.2, 0.25) is 0 Å². The van der Waals surface area contributed by atoms with Crippen molar-refractivity contribution in [2.45, 2.75) is 26.2 Å². The molecule has 2 heteroatoms. The summed E-state index contributed by atoms with van der Waals surface area (Å²) in [5.74, 6) is 0.989. The Morgan fingerprint density at radius 1 is 1.67 bits per heavy atom. The molecule has 0 aromatic rings. The first kappa shape index (κ1) is 6.94. The molecule has 0 N–H and O–H groups in total. The van der Waals surface area contributed by atoms with Crippen LogP contribution in [0.1, 0.15) is 26.2 Å². The van der Waals surface area contributed by atoms with Crippen molar-refractivity contribution in [3.8, 4) is 0 Å². The van der Waals surface area contributed by atoms with Crippen molar-refractivity contribution in [1.29, 1.82) is 0 Å². The van der Waals surface area contributed by atoms with Crippen molar-refractivity contribution in [2.75, 3.05) is 6.61 Å². The summed E-state index contributed by atoms with van der Waals surface area (Å²) >= 11 is 5.84. The molecular formula is C7H11ClO. The van der Waals surface area contributed by atoms with Crippen LogP contribution in [0.15, 0.2) is 10.8 Å². The number of halogens is 1. The van der Waals surface area contributed by atoms with Crippen LogP contribution in [0.3, 0.4) is 0 Å². The van der Waals surface area contributed by atoms with Gasteiger partial charge in [0.25, 0.3) is 0 Å². The molecule has 0 aromatic carbocycles. The van der Waals surface area contributed by atoms with Gasteiger partial charge in [-0.2, -0.15) is 0 Å². The Bertz CT molecular complexity index is 129. The molecule has 0 radical (unpaired) electrons. The number of hydrogen-bond acceptors (Lipinski definition) is 1. The molecule has 0 saturated carbocycles. The minimum atomic E-state index is 0.847. The molecule has 0 spiro atoms. The number of allylic oxidation sites excluding steroid dienone is 2. The summed E-state index contributed by atoms with van der Waals surface area (Å²) in [7, 11) is 0. The second-order valence-electron chi connectivity index (χ2n) is 2.13. The lowest BCUT2D eigenvalue weighted by Gasteiger charge is -2.15. The van der Waals surface area contributed by atoms with Gasteiger partial charge in [0.15, 0.2) is 0 Å². The fourth-order valence-corrected chi connectivity index (χ4v) is 1.26. The average Bonchev–Trinajstić information content (AvgIpc) is 1.89. The van der Waals surface area contributed by atoms with E-state index in [4.69, 9.17) is 16.3 Å². The number of hydrogen-bond donors (Lipinski definition) is 0. The molecule has 9 heavy (non-hydrogen) atoms.